The van der Waals surface area contributed by atoms with Gasteiger partial charge in [0.25, 0.3) is 5.91 Å². The zero-order valence-corrected chi connectivity index (χ0v) is 10.5. The maximum absolute atomic E-state index is 13.0. The van der Waals surface area contributed by atoms with Crippen molar-refractivity contribution in [1.82, 2.24) is 10.5 Å². The van der Waals surface area contributed by atoms with Gasteiger partial charge in [-0.15, -0.1) is 0 Å². The summed E-state index contributed by atoms with van der Waals surface area (Å²) in [5, 5.41) is 5.52. The van der Waals surface area contributed by atoms with E-state index in [0.29, 0.717) is 18.5 Å². The van der Waals surface area contributed by atoms with Crippen LogP contribution >= 0.6 is 0 Å². The second-order valence-corrected chi connectivity index (χ2v) is 4.87. The SMILES string of the molecule is Cc1cc(C(=O)N[C@@H](C2CCCC2)C(F)(F)F)on1. The first kappa shape index (κ1) is 13.9. The molecule has 4 nitrogen and oxygen atoms in total. The Balaban J connectivity index is 2.09. The summed E-state index contributed by atoms with van der Waals surface area (Å²) in [6, 6.07) is -0.495. The van der Waals surface area contributed by atoms with Gasteiger partial charge in [0.1, 0.15) is 6.04 Å². The first-order chi connectivity index (χ1) is 8.88. The Morgan fingerprint density at radius 1 is 1.47 bits per heavy atom. The molecule has 1 atom stereocenters. The number of rotatable bonds is 3. The average molecular weight is 276 g/mol. The standard InChI is InChI=1S/C12H15F3N2O2/c1-7-6-9(19-17-7)11(18)16-10(12(13,14)15)8-4-2-3-5-8/h6,8,10H,2-5H2,1H3,(H,16,18)/t10-/m0/s1. The molecule has 1 fully saturated rings. The van der Waals surface area contributed by atoms with Gasteiger partial charge in [-0.25, -0.2) is 0 Å². The summed E-state index contributed by atoms with van der Waals surface area (Å²) >= 11 is 0. The lowest BCUT2D eigenvalue weighted by Gasteiger charge is -2.26. The minimum absolute atomic E-state index is 0.190. The number of aromatic nitrogens is 1. The molecule has 0 radical (unpaired) electrons. The van der Waals surface area contributed by atoms with Crippen molar-refractivity contribution >= 4 is 5.91 Å². The zero-order valence-electron chi connectivity index (χ0n) is 10.5. The van der Waals surface area contributed by atoms with Crippen LogP contribution < -0.4 is 5.32 Å². The molecule has 0 bridgehead atoms. The molecule has 0 aromatic carbocycles. The highest BCUT2D eigenvalue weighted by Gasteiger charge is 2.46. The van der Waals surface area contributed by atoms with Crippen LogP contribution in [0.3, 0.4) is 0 Å². The van der Waals surface area contributed by atoms with Crippen molar-refractivity contribution in [3.63, 3.8) is 0 Å². The van der Waals surface area contributed by atoms with Crippen LogP contribution in [0, 0.1) is 12.8 Å². The zero-order chi connectivity index (χ0) is 14.0. The first-order valence-corrected chi connectivity index (χ1v) is 6.19. The molecule has 1 aliphatic carbocycles. The lowest BCUT2D eigenvalue weighted by Crippen LogP contribution is -2.49. The molecule has 1 aromatic rings. The van der Waals surface area contributed by atoms with Crippen molar-refractivity contribution in [2.75, 3.05) is 0 Å². The second kappa shape index (κ2) is 5.22. The van der Waals surface area contributed by atoms with Crippen molar-refractivity contribution in [3.05, 3.63) is 17.5 Å². The number of amides is 1. The summed E-state index contributed by atoms with van der Waals surface area (Å²) in [7, 11) is 0. The molecule has 106 valence electrons. The fourth-order valence-corrected chi connectivity index (χ4v) is 2.44. The number of nitrogens with one attached hydrogen (secondary N) is 1. The highest BCUT2D eigenvalue weighted by Crippen LogP contribution is 2.35. The number of halogens is 3. The van der Waals surface area contributed by atoms with Crippen LogP contribution in [0.25, 0.3) is 0 Å². The van der Waals surface area contributed by atoms with E-state index in [1.807, 2.05) is 5.32 Å². The van der Waals surface area contributed by atoms with Gasteiger partial charge in [0.15, 0.2) is 0 Å². The number of carbonyl (C=O) groups is 1. The summed E-state index contributed by atoms with van der Waals surface area (Å²) in [4.78, 5) is 11.7. The molecular weight excluding hydrogens is 261 g/mol. The van der Waals surface area contributed by atoms with Crippen molar-refractivity contribution in [2.24, 2.45) is 5.92 Å². The Kier molecular flexibility index (Phi) is 3.82. The summed E-state index contributed by atoms with van der Waals surface area (Å²) in [5.74, 6) is -1.60. The molecule has 7 heteroatoms. The van der Waals surface area contributed by atoms with Crippen molar-refractivity contribution in [1.29, 1.82) is 0 Å². The van der Waals surface area contributed by atoms with Gasteiger partial charge in [-0.05, 0) is 25.7 Å². The Morgan fingerprint density at radius 2 is 2.11 bits per heavy atom. The monoisotopic (exact) mass is 276 g/mol. The van der Waals surface area contributed by atoms with Crippen LogP contribution in [0.1, 0.15) is 41.9 Å². The van der Waals surface area contributed by atoms with E-state index in [4.69, 9.17) is 0 Å². The Morgan fingerprint density at radius 3 is 2.58 bits per heavy atom. The third-order valence-corrected chi connectivity index (χ3v) is 3.36. The highest BCUT2D eigenvalue weighted by molar-refractivity contribution is 5.91. The summed E-state index contributed by atoms with van der Waals surface area (Å²) in [6.45, 7) is 1.60. The highest BCUT2D eigenvalue weighted by atomic mass is 19.4. The molecule has 0 spiro atoms. The van der Waals surface area contributed by atoms with Gasteiger partial charge in [-0.3, -0.25) is 4.79 Å². The number of hydrogen-bond donors (Lipinski definition) is 1. The molecule has 2 rings (SSSR count). The molecule has 1 heterocycles. The van der Waals surface area contributed by atoms with Gasteiger partial charge in [0.2, 0.25) is 5.76 Å². The van der Waals surface area contributed by atoms with E-state index in [1.165, 1.54) is 6.07 Å². The number of aryl methyl sites for hydroxylation is 1. The van der Waals surface area contributed by atoms with Crippen LogP contribution in [-0.2, 0) is 0 Å². The molecule has 0 saturated heterocycles. The second-order valence-electron chi connectivity index (χ2n) is 4.87. The quantitative estimate of drug-likeness (QED) is 0.923. The third-order valence-electron chi connectivity index (χ3n) is 3.36. The van der Waals surface area contributed by atoms with Gasteiger partial charge in [-0.2, -0.15) is 13.2 Å². The number of hydrogen-bond acceptors (Lipinski definition) is 3. The Bertz CT molecular complexity index is 450. The first-order valence-electron chi connectivity index (χ1n) is 6.19. The van der Waals surface area contributed by atoms with E-state index in [1.54, 1.807) is 6.92 Å². The van der Waals surface area contributed by atoms with Crippen LogP contribution in [0.4, 0.5) is 13.2 Å². The largest absolute Gasteiger partial charge is 0.408 e. The maximum Gasteiger partial charge on any atom is 0.408 e. The number of nitrogens with zero attached hydrogens (tertiary/aromatic N) is 1. The van der Waals surface area contributed by atoms with E-state index in [0.717, 1.165) is 12.8 Å². The fourth-order valence-electron chi connectivity index (χ4n) is 2.44. The smallest absolute Gasteiger partial charge is 0.351 e. The number of alkyl halides is 3. The van der Waals surface area contributed by atoms with E-state index >= 15 is 0 Å². The summed E-state index contributed by atoms with van der Waals surface area (Å²) < 4.78 is 43.6. The van der Waals surface area contributed by atoms with Crippen molar-refractivity contribution in [3.8, 4) is 0 Å². The van der Waals surface area contributed by atoms with Crippen molar-refractivity contribution < 1.29 is 22.5 Å². The predicted octanol–water partition coefficient (Wildman–Crippen LogP) is 2.83. The van der Waals surface area contributed by atoms with Gasteiger partial charge in [0.05, 0.1) is 5.69 Å². The van der Waals surface area contributed by atoms with Crippen LogP contribution in [-0.4, -0.2) is 23.3 Å². The Labute approximate surface area is 108 Å². The molecule has 1 N–H and O–H groups in total. The van der Waals surface area contributed by atoms with Gasteiger partial charge in [0, 0.05) is 6.07 Å². The minimum Gasteiger partial charge on any atom is -0.351 e. The molecule has 1 aromatic heterocycles. The molecule has 0 unspecified atom stereocenters. The van der Waals surface area contributed by atoms with Crippen LogP contribution in [0.15, 0.2) is 10.6 Å². The minimum atomic E-state index is -4.44. The molecule has 1 saturated carbocycles. The molecule has 1 amide bonds. The number of carbonyl (C=O) groups excluding carboxylic acids is 1. The van der Waals surface area contributed by atoms with Crippen LogP contribution in [0.5, 0.6) is 0 Å². The normalized spacial score (nSPS) is 18.5. The topological polar surface area (TPSA) is 55.1 Å². The summed E-state index contributed by atoms with van der Waals surface area (Å²) in [6.07, 6.45) is -1.93. The molecule has 19 heavy (non-hydrogen) atoms. The van der Waals surface area contributed by atoms with Gasteiger partial charge < -0.3 is 9.84 Å². The average Bonchev–Trinajstić information content (AvgIpc) is 2.94. The predicted molar refractivity (Wildman–Crippen MR) is 60.5 cm³/mol. The van der Waals surface area contributed by atoms with Gasteiger partial charge >= 0.3 is 6.18 Å². The molecule has 1 aliphatic rings. The fraction of sp³-hybridized carbons (Fsp3) is 0.667. The third kappa shape index (κ3) is 3.27. The van der Waals surface area contributed by atoms with Gasteiger partial charge in [-0.1, -0.05) is 18.0 Å². The van der Waals surface area contributed by atoms with Crippen LogP contribution in [0.2, 0.25) is 0 Å². The van der Waals surface area contributed by atoms with E-state index < -0.39 is 24.0 Å². The Hall–Kier alpha value is -1.53. The van der Waals surface area contributed by atoms with E-state index in [2.05, 4.69) is 9.68 Å². The van der Waals surface area contributed by atoms with E-state index in [-0.39, 0.29) is 5.76 Å². The summed E-state index contributed by atoms with van der Waals surface area (Å²) in [5.41, 5.74) is 0.453. The lowest BCUT2D eigenvalue weighted by atomic mass is 9.97. The maximum atomic E-state index is 13.0. The lowest BCUT2D eigenvalue weighted by molar-refractivity contribution is -0.164. The molecular formula is C12H15F3N2O2. The van der Waals surface area contributed by atoms with Crippen molar-refractivity contribution in [2.45, 2.75) is 44.8 Å². The van der Waals surface area contributed by atoms with E-state index in [9.17, 15) is 18.0 Å². The molecule has 0 aliphatic heterocycles.